The fourth-order valence-electron chi connectivity index (χ4n) is 3.37. The van der Waals surface area contributed by atoms with Crippen LogP contribution in [-0.2, 0) is 0 Å². The van der Waals surface area contributed by atoms with Gasteiger partial charge in [-0.15, -0.1) is 0 Å². The highest BCUT2D eigenvalue weighted by Crippen LogP contribution is 2.30. The zero-order valence-electron chi connectivity index (χ0n) is 14.4. The first-order chi connectivity index (χ1) is 11.5. The van der Waals surface area contributed by atoms with Crippen molar-refractivity contribution in [1.82, 2.24) is 0 Å². The molecule has 0 spiro atoms. The summed E-state index contributed by atoms with van der Waals surface area (Å²) in [4.78, 5) is 0. The van der Waals surface area contributed by atoms with E-state index < -0.39 is 11.6 Å². The van der Waals surface area contributed by atoms with Gasteiger partial charge in [0.05, 0.1) is 0 Å². The molecule has 0 radical (unpaired) electrons. The molecule has 0 amide bonds. The van der Waals surface area contributed by atoms with E-state index in [1.165, 1.54) is 25.7 Å². The summed E-state index contributed by atoms with van der Waals surface area (Å²) in [6.07, 6.45) is 9.61. The lowest BCUT2D eigenvalue weighted by Gasteiger charge is -2.23. The monoisotopic (exact) mass is 326 g/mol. The van der Waals surface area contributed by atoms with E-state index in [9.17, 15) is 8.78 Å². The minimum atomic E-state index is -0.769. The zero-order valence-corrected chi connectivity index (χ0v) is 14.4. The zero-order chi connectivity index (χ0) is 17.1. The SMILES string of the molecule is Cc1ccc(-c2ccc(/C=C/C3CCC(C)CC3)cc2)c(F)c1F. The highest BCUT2D eigenvalue weighted by Gasteiger charge is 2.15. The van der Waals surface area contributed by atoms with Crippen LogP contribution in [0.3, 0.4) is 0 Å². The van der Waals surface area contributed by atoms with Crippen LogP contribution in [0.25, 0.3) is 17.2 Å². The van der Waals surface area contributed by atoms with Crippen molar-refractivity contribution in [2.45, 2.75) is 39.5 Å². The maximum atomic E-state index is 14.1. The summed E-state index contributed by atoms with van der Waals surface area (Å²) < 4.78 is 27.8. The molecule has 1 aliphatic carbocycles. The number of allylic oxidation sites excluding steroid dienone is 1. The molecule has 126 valence electrons. The van der Waals surface area contributed by atoms with Gasteiger partial charge in [-0.05, 0) is 48.3 Å². The van der Waals surface area contributed by atoms with Crippen molar-refractivity contribution in [3.05, 3.63) is 65.2 Å². The minimum Gasteiger partial charge on any atom is -0.203 e. The van der Waals surface area contributed by atoms with Crippen LogP contribution < -0.4 is 0 Å². The van der Waals surface area contributed by atoms with Crippen LogP contribution in [0.4, 0.5) is 8.78 Å². The van der Waals surface area contributed by atoms with Crippen molar-refractivity contribution >= 4 is 6.08 Å². The summed E-state index contributed by atoms with van der Waals surface area (Å²) in [6, 6.07) is 10.9. The molecular weight excluding hydrogens is 302 g/mol. The van der Waals surface area contributed by atoms with Crippen LogP contribution in [0.2, 0.25) is 0 Å². The lowest BCUT2D eigenvalue weighted by atomic mass is 9.83. The summed E-state index contributed by atoms with van der Waals surface area (Å²) >= 11 is 0. The second-order valence-electron chi connectivity index (χ2n) is 7.06. The molecule has 0 nitrogen and oxygen atoms in total. The second kappa shape index (κ2) is 7.29. The van der Waals surface area contributed by atoms with E-state index >= 15 is 0 Å². The van der Waals surface area contributed by atoms with Crippen LogP contribution >= 0.6 is 0 Å². The predicted octanol–water partition coefficient (Wildman–Crippen LogP) is 6.78. The third-order valence-electron chi connectivity index (χ3n) is 5.12. The Kier molecular flexibility index (Phi) is 5.13. The molecule has 2 heteroatoms. The van der Waals surface area contributed by atoms with Gasteiger partial charge in [0.1, 0.15) is 0 Å². The van der Waals surface area contributed by atoms with E-state index in [2.05, 4.69) is 19.1 Å². The molecular formula is C22H24F2. The number of benzene rings is 2. The molecule has 0 N–H and O–H groups in total. The van der Waals surface area contributed by atoms with Crippen molar-refractivity contribution in [2.24, 2.45) is 11.8 Å². The van der Waals surface area contributed by atoms with E-state index in [-0.39, 0.29) is 0 Å². The second-order valence-corrected chi connectivity index (χ2v) is 7.06. The average Bonchev–Trinajstić information content (AvgIpc) is 2.60. The van der Waals surface area contributed by atoms with Gasteiger partial charge in [0, 0.05) is 5.56 Å². The van der Waals surface area contributed by atoms with E-state index in [0.717, 1.165) is 11.5 Å². The summed E-state index contributed by atoms with van der Waals surface area (Å²) in [6.45, 7) is 3.90. The predicted molar refractivity (Wildman–Crippen MR) is 96.7 cm³/mol. The number of hydrogen-bond acceptors (Lipinski definition) is 0. The molecule has 1 saturated carbocycles. The highest BCUT2D eigenvalue weighted by molar-refractivity contribution is 5.66. The van der Waals surface area contributed by atoms with E-state index in [1.54, 1.807) is 19.1 Å². The number of halogens is 2. The normalized spacial score (nSPS) is 21.3. The fourth-order valence-corrected chi connectivity index (χ4v) is 3.37. The van der Waals surface area contributed by atoms with E-state index in [0.29, 0.717) is 22.6 Å². The van der Waals surface area contributed by atoms with E-state index in [1.807, 2.05) is 24.3 Å². The van der Waals surface area contributed by atoms with E-state index in [4.69, 9.17) is 0 Å². The van der Waals surface area contributed by atoms with Gasteiger partial charge < -0.3 is 0 Å². The molecule has 0 saturated heterocycles. The van der Waals surface area contributed by atoms with Crippen LogP contribution in [0, 0.1) is 30.4 Å². The van der Waals surface area contributed by atoms with Gasteiger partial charge >= 0.3 is 0 Å². The summed E-state index contributed by atoms with van der Waals surface area (Å²) in [5.41, 5.74) is 2.45. The first-order valence-corrected chi connectivity index (χ1v) is 8.78. The molecule has 3 rings (SSSR count). The Morgan fingerprint density at radius 2 is 1.54 bits per heavy atom. The van der Waals surface area contributed by atoms with Crippen molar-refractivity contribution < 1.29 is 8.78 Å². The van der Waals surface area contributed by atoms with Crippen LogP contribution in [0.15, 0.2) is 42.5 Å². The van der Waals surface area contributed by atoms with Gasteiger partial charge in [-0.25, -0.2) is 8.78 Å². The molecule has 0 bridgehead atoms. The Bertz CT molecular complexity index is 720. The standard InChI is InChI=1S/C22H24F2/c1-15-3-6-17(7-4-15)8-9-18-10-12-19(13-11-18)20-14-5-16(2)21(23)22(20)24/h5,8-15,17H,3-4,6-7H2,1-2H3/b9-8+. The largest absolute Gasteiger partial charge is 0.203 e. The van der Waals surface area contributed by atoms with Crippen molar-refractivity contribution in [1.29, 1.82) is 0 Å². The summed E-state index contributed by atoms with van der Waals surface area (Å²) in [7, 11) is 0. The maximum Gasteiger partial charge on any atom is 0.166 e. The quantitative estimate of drug-likeness (QED) is 0.583. The molecule has 0 aromatic heterocycles. The molecule has 2 aromatic rings. The Balaban J connectivity index is 1.73. The maximum absolute atomic E-state index is 14.1. The molecule has 1 aliphatic rings. The van der Waals surface area contributed by atoms with Gasteiger partial charge in [-0.3, -0.25) is 0 Å². The van der Waals surface area contributed by atoms with Gasteiger partial charge in [0.15, 0.2) is 11.6 Å². The molecule has 0 atom stereocenters. The Labute approximate surface area is 143 Å². The number of aryl methyl sites for hydroxylation is 1. The topological polar surface area (TPSA) is 0 Å². The van der Waals surface area contributed by atoms with Crippen LogP contribution in [0.1, 0.15) is 43.7 Å². The molecule has 0 unspecified atom stereocenters. The first-order valence-electron chi connectivity index (χ1n) is 8.78. The van der Waals surface area contributed by atoms with Crippen molar-refractivity contribution in [2.75, 3.05) is 0 Å². The van der Waals surface area contributed by atoms with Gasteiger partial charge in [-0.2, -0.15) is 0 Å². The van der Waals surface area contributed by atoms with Crippen LogP contribution in [-0.4, -0.2) is 0 Å². The van der Waals surface area contributed by atoms with Gasteiger partial charge in [-0.1, -0.05) is 68.3 Å². The van der Waals surface area contributed by atoms with Crippen LogP contribution in [0.5, 0.6) is 0 Å². The Morgan fingerprint density at radius 3 is 2.21 bits per heavy atom. The molecule has 0 heterocycles. The lowest BCUT2D eigenvalue weighted by Crippen LogP contribution is -2.09. The number of rotatable bonds is 3. The lowest BCUT2D eigenvalue weighted by molar-refractivity contribution is 0.331. The Hall–Kier alpha value is -1.96. The fraction of sp³-hybridized carbons (Fsp3) is 0.364. The summed E-state index contributed by atoms with van der Waals surface area (Å²) in [5, 5.41) is 0. The van der Waals surface area contributed by atoms with Crippen molar-refractivity contribution in [3.8, 4) is 11.1 Å². The third kappa shape index (κ3) is 3.75. The third-order valence-corrected chi connectivity index (χ3v) is 5.12. The van der Waals surface area contributed by atoms with Gasteiger partial charge in [0.25, 0.3) is 0 Å². The Morgan fingerprint density at radius 1 is 0.875 bits per heavy atom. The molecule has 2 aromatic carbocycles. The minimum absolute atomic E-state index is 0.315. The highest BCUT2D eigenvalue weighted by atomic mass is 19.2. The smallest absolute Gasteiger partial charge is 0.166 e. The molecule has 0 aliphatic heterocycles. The number of hydrogen-bond donors (Lipinski definition) is 0. The first kappa shape index (κ1) is 16.9. The molecule has 1 fully saturated rings. The molecule has 24 heavy (non-hydrogen) atoms. The average molecular weight is 326 g/mol. The van der Waals surface area contributed by atoms with Crippen molar-refractivity contribution in [3.63, 3.8) is 0 Å². The summed E-state index contributed by atoms with van der Waals surface area (Å²) in [5.74, 6) is 0.000802. The van der Waals surface area contributed by atoms with Gasteiger partial charge in [0.2, 0.25) is 0 Å².